The number of hydrogen-bond acceptors (Lipinski definition) is 4. The van der Waals surface area contributed by atoms with Gasteiger partial charge in [0.25, 0.3) is 5.56 Å². The van der Waals surface area contributed by atoms with Crippen molar-refractivity contribution in [2.45, 2.75) is 25.4 Å². The average Bonchev–Trinajstić information content (AvgIpc) is 3.28. The van der Waals surface area contributed by atoms with Crippen molar-refractivity contribution in [1.29, 1.82) is 0 Å². The highest BCUT2D eigenvalue weighted by atomic mass is 32.1. The van der Waals surface area contributed by atoms with Crippen molar-refractivity contribution in [3.63, 3.8) is 0 Å². The quantitative estimate of drug-likeness (QED) is 0.588. The molecule has 130 valence electrons. The molecule has 1 aliphatic rings. The van der Waals surface area contributed by atoms with Gasteiger partial charge in [-0.25, -0.2) is 9.97 Å². The zero-order valence-corrected chi connectivity index (χ0v) is 15.1. The number of rotatable bonds is 3. The van der Waals surface area contributed by atoms with Crippen molar-refractivity contribution in [3.05, 3.63) is 69.7 Å². The molecule has 2 atom stereocenters. The molecule has 0 saturated carbocycles. The Morgan fingerprint density at radius 3 is 2.77 bits per heavy atom. The van der Waals surface area contributed by atoms with Gasteiger partial charge in [0.1, 0.15) is 12.6 Å². The Labute approximate surface area is 154 Å². The van der Waals surface area contributed by atoms with Crippen LogP contribution in [0.2, 0.25) is 0 Å². The number of quaternary nitrogens is 1. The molecule has 5 rings (SSSR count). The van der Waals surface area contributed by atoms with E-state index in [2.05, 4.69) is 28.2 Å². The van der Waals surface area contributed by atoms with Crippen LogP contribution < -0.4 is 10.5 Å². The van der Waals surface area contributed by atoms with Crippen LogP contribution >= 0.6 is 11.3 Å². The average molecular weight is 363 g/mol. The summed E-state index contributed by atoms with van der Waals surface area (Å²) in [5.41, 5.74) is 1.79. The summed E-state index contributed by atoms with van der Waals surface area (Å²) in [6.45, 7) is 1.80. The molecule has 0 radical (unpaired) electrons. The van der Waals surface area contributed by atoms with E-state index in [0.717, 1.165) is 36.4 Å². The third-order valence-corrected chi connectivity index (χ3v) is 6.30. The molecule has 0 bridgehead atoms. The summed E-state index contributed by atoms with van der Waals surface area (Å²) >= 11 is 1.79. The van der Waals surface area contributed by atoms with Crippen molar-refractivity contribution in [3.8, 4) is 0 Å². The van der Waals surface area contributed by atoms with E-state index in [-0.39, 0.29) is 5.56 Å². The minimum Gasteiger partial charge on any atom is -0.320 e. The largest absolute Gasteiger partial charge is 0.320 e. The number of H-pyrrole nitrogens is 1. The molecule has 0 aliphatic carbocycles. The monoisotopic (exact) mass is 363 g/mol. The molecule has 5 nitrogen and oxygen atoms in total. The summed E-state index contributed by atoms with van der Waals surface area (Å²) in [6.07, 6.45) is 2.31. The summed E-state index contributed by atoms with van der Waals surface area (Å²) < 4.78 is 1.24. The first-order valence-electron chi connectivity index (χ1n) is 8.96. The lowest BCUT2D eigenvalue weighted by molar-refractivity contribution is -0.932. The number of hydrogen-bond donors (Lipinski definition) is 2. The fourth-order valence-electron chi connectivity index (χ4n) is 3.89. The lowest BCUT2D eigenvalue weighted by Gasteiger charge is -2.19. The fourth-order valence-corrected chi connectivity index (χ4v) is 5.05. The summed E-state index contributed by atoms with van der Waals surface area (Å²) in [4.78, 5) is 26.3. The van der Waals surface area contributed by atoms with Crippen LogP contribution in [0.5, 0.6) is 0 Å². The van der Waals surface area contributed by atoms with Crippen molar-refractivity contribution < 1.29 is 4.90 Å². The Morgan fingerprint density at radius 2 is 1.88 bits per heavy atom. The number of thiazole rings is 1. The minimum atomic E-state index is -0.0549. The van der Waals surface area contributed by atoms with E-state index in [9.17, 15) is 4.79 Å². The number of aromatic nitrogens is 3. The molecule has 1 unspecified atom stereocenters. The number of aromatic amines is 1. The highest BCUT2D eigenvalue weighted by Crippen LogP contribution is 2.28. The van der Waals surface area contributed by atoms with Crippen LogP contribution in [-0.4, -0.2) is 21.5 Å². The van der Waals surface area contributed by atoms with Crippen molar-refractivity contribution >= 4 is 32.5 Å². The second kappa shape index (κ2) is 6.30. The van der Waals surface area contributed by atoms with Crippen LogP contribution in [-0.2, 0) is 6.54 Å². The van der Waals surface area contributed by atoms with Crippen LogP contribution in [0.15, 0.2) is 53.3 Å². The summed E-state index contributed by atoms with van der Waals surface area (Å²) in [6, 6.07) is 16.2. The zero-order valence-electron chi connectivity index (χ0n) is 14.2. The summed E-state index contributed by atoms with van der Waals surface area (Å²) in [5.74, 6) is 0.761. The Morgan fingerprint density at radius 1 is 1.08 bits per heavy atom. The molecular weight excluding hydrogens is 344 g/mol. The third-order valence-electron chi connectivity index (χ3n) is 5.15. The highest BCUT2D eigenvalue weighted by Gasteiger charge is 2.33. The maximum Gasteiger partial charge on any atom is 0.258 e. The van der Waals surface area contributed by atoms with Crippen LogP contribution in [0, 0.1) is 0 Å². The first kappa shape index (κ1) is 15.7. The maximum atomic E-state index is 12.3. The lowest BCUT2D eigenvalue weighted by Crippen LogP contribution is -3.09. The van der Waals surface area contributed by atoms with Crippen LogP contribution in [0.1, 0.15) is 29.7 Å². The van der Waals surface area contributed by atoms with Crippen LogP contribution in [0.3, 0.4) is 0 Å². The van der Waals surface area contributed by atoms with Gasteiger partial charge in [-0.3, -0.25) is 4.79 Å². The van der Waals surface area contributed by atoms with Gasteiger partial charge in [-0.1, -0.05) is 24.3 Å². The number of nitrogens with one attached hydrogen (secondary N) is 2. The molecule has 0 spiro atoms. The second-order valence-electron chi connectivity index (χ2n) is 6.83. The Kier molecular flexibility index (Phi) is 3.80. The topological polar surface area (TPSA) is 63.1 Å². The summed E-state index contributed by atoms with van der Waals surface area (Å²) in [7, 11) is 0. The van der Waals surface area contributed by atoms with Gasteiger partial charge in [0.05, 0.1) is 27.7 Å². The van der Waals surface area contributed by atoms with Crippen LogP contribution in [0.4, 0.5) is 0 Å². The zero-order chi connectivity index (χ0) is 17.5. The normalized spacial score (nSPS) is 20.2. The smallest absolute Gasteiger partial charge is 0.258 e. The van der Waals surface area contributed by atoms with Gasteiger partial charge < -0.3 is 9.88 Å². The van der Waals surface area contributed by atoms with Gasteiger partial charge in [-0.15, -0.1) is 11.3 Å². The fraction of sp³-hybridized carbons (Fsp3) is 0.250. The summed E-state index contributed by atoms with van der Waals surface area (Å²) in [5, 5.41) is 1.84. The van der Waals surface area contributed by atoms with E-state index in [1.807, 2.05) is 30.3 Å². The standard InChI is InChI=1S/C20H18N4OS/c25-19-13-6-1-2-7-14(13)21-18(23-19)12-24-11-5-9-16(24)20-22-15-8-3-4-10-17(15)26-20/h1-4,6-8,10,16H,5,9,11-12H2,(H,21,23,25)/p+1/t16-/m0/s1. The van der Waals surface area contributed by atoms with Gasteiger partial charge in [0.2, 0.25) is 0 Å². The number of benzene rings is 2. The number of fused-ring (bicyclic) bond motifs is 2. The van der Waals surface area contributed by atoms with E-state index in [0.29, 0.717) is 11.4 Å². The van der Waals surface area contributed by atoms with Gasteiger partial charge in [0, 0.05) is 12.8 Å². The number of nitrogens with zero attached hydrogens (tertiary/aromatic N) is 2. The SMILES string of the molecule is O=c1[nH]c(C[NH+]2CCC[C@H]2c2nc3ccccc3s2)nc2ccccc12. The maximum absolute atomic E-state index is 12.3. The molecular formula is C20H19N4OS+. The Balaban J connectivity index is 1.47. The second-order valence-corrected chi connectivity index (χ2v) is 7.89. The molecule has 0 amide bonds. The third kappa shape index (κ3) is 2.71. The molecule has 1 fully saturated rings. The van der Waals surface area contributed by atoms with E-state index < -0.39 is 0 Å². The molecule has 2 N–H and O–H groups in total. The first-order chi connectivity index (χ1) is 12.8. The van der Waals surface area contributed by atoms with Gasteiger partial charge in [0.15, 0.2) is 10.8 Å². The van der Waals surface area contributed by atoms with Gasteiger partial charge in [-0.2, -0.15) is 0 Å². The van der Waals surface area contributed by atoms with E-state index >= 15 is 0 Å². The van der Waals surface area contributed by atoms with E-state index in [1.54, 1.807) is 11.3 Å². The Hall–Kier alpha value is -2.57. The molecule has 4 aromatic rings. The molecule has 1 aliphatic heterocycles. The van der Waals surface area contributed by atoms with Crippen molar-refractivity contribution in [2.75, 3.05) is 6.54 Å². The lowest BCUT2D eigenvalue weighted by atomic mass is 10.2. The van der Waals surface area contributed by atoms with Crippen molar-refractivity contribution in [2.24, 2.45) is 0 Å². The molecule has 26 heavy (non-hydrogen) atoms. The number of para-hydroxylation sites is 2. The molecule has 2 aromatic carbocycles. The Bertz CT molecular complexity index is 1120. The molecule has 3 heterocycles. The van der Waals surface area contributed by atoms with E-state index in [4.69, 9.17) is 4.98 Å². The van der Waals surface area contributed by atoms with Gasteiger partial charge >= 0.3 is 0 Å². The van der Waals surface area contributed by atoms with Gasteiger partial charge in [-0.05, 0) is 24.3 Å². The van der Waals surface area contributed by atoms with Crippen LogP contribution in [0.25, 0.3) is 21.1 Å². The number of likely N-dealkylation sites (tertiary alicyclic amines) is 1. The molecule has 6 heteroatoms. The molecule has 2 aromatic heterocycles. The minimum absolute atomic E-state index is 0.0549. The molecule has 1 saturated heterocycles. The van der Waals surface area contributed by atoms with E-state index in [1.165, 1.54) is 21.0 Å². The predicted octanol–water partition coefficient (Wildman–Crippen LogP) is 2.45. The first-order valence-corrected chi connectivity index (χ1v) is 9.77. The van der Waals surface area contributed by atoms with Crippen molar-refractivity contribution in [1.82, 2.24) is 15.0 Å². The highest BCUT2D eigenvalue weighted by molar-refractivity contribution is 7.18. The predicted molar refractivity (Wildman–Crippen MR) is 103 cm³/mol.